The molecule has 0 aliphatic carbocycles. The van der Waals surface area contributed by atoms with Gasteiger partial charge in [0.25, 0.3) is 0 Å². The second-order valence-corrected chi connectivity index (χ2v) is 4.81. The smallest absolute Gasteiger partial charge is 0.389 e. The lowest BCUT2D eigenvalue weighted by Crippen LogP contribution is -2.06. The number of hydrogen-bond donors (Lipinski definition) is 2. The zero-order chi connectivity index (χ0) is 15.5. The van der Waals surface area contributed by atoms with Crippen molar-refractivity contribution in [1.29, 1.82) is 0 Å². The van der Waals surface area contributed by atoms with E-state index in [1.807, 2.05) is 18.2 Å². The summed E-state index contributed by atoms with van der Waals surface area (Å²) in [6.07, 6.45) is -4.92. The van der Waals surface area contributed by atoms with Gasteiger partial charge in [-0.3, -0.25) is 0 Å². The van der Waals surface area contributed by atoms with E-state index in [2.05, 4.69) is 5.32 Å². The van der Waals surface area contributed by atoms with Crippen LogP contribution >= 0.6 is 0 Å². The largest absolute Gasteiger partial charge is 0.416 e. The molecule has 0 aromatic heterocycles. The molecule has 0 aliphatic rings. The number of nitrogens with one attached hydrogen (secondary N) is 1. The molecule has 0 spiro atoms. The van der Waals surface area contributed by atoms with Crippen LogP contribution in [-0.4, -0.2) is 5.11 Å². The summed E-state index contributed by atoms with van der Waals surface area (Å²) in [5, 5.41) is 12.8. The number of aliphatic hydroxyl groups excluding tert-OH is 1. The van der Waals surface area contributed by atoms with Crippen molar-refractivity contribution >= 4 is 5.69 Å². The molecule has 0 bridgehead atoms. The Morgan fingerprint density at radius 3 is 2.24 bits per heavy atom. The zero-order valence-electron chi connectivity index (χ0n) is 11.5. The molecule has 2 rings (SSSR count). The molecule has 21 heavy (non-hydrogen) atoms. The monoisotopic (exact) mass is 295 g/mol. The van der Waals surface area contributed by atoms with E-state index in [1.165, 1.54) is 12.1 Å². The van der Waals surface area contributed by atoms with Gasteiger partial charge in [0, 0.05) is 17.8 Å². The second kappa shape index (κ2) is 6.18. The maximum atomic E-state index is 12.5. The van der Waals surface area contributed by atoms with Gasteiger partial charge in [-0.2, -0.15) is 13.2 Å². The highest BCUT2D eigenvalue weighted by atomic mass is 19.4. The predicted octanol–water partition coefficient (Wildman–Crippen LogP) is 4.37. The molecule has 0 fully saturated rings. The molecule has 0 saturated carbocycles. The molecule has 2 N–H and O–H groups in total. The van der Waals surface area contributed by atoms with E-state index in [1.54, 1.807) is 13.0 Å². The molecule has 2 nitrogen and oxygen atoms in total. The van der Waals surface area contributed by atoms with Gasteiger partial charge in [-0.1, -0.05) is 30.3 Å². The number of hydrogen-bond acceptors (Lipinski definition) is 2. The molecule has 2 aromatic rings. The molecule has 0 aliphatic heterocycles. The first-order chi connectivity index (χ1) is 9.88. The van der Waals surface area contributed by atoms with Crippen LogP contribution in [0, 0.1) is 0 Å². The van der Waals surface area contributed by atoms with Crippen LogP contribution in [0.4, 0.5) is 18.9 Å². The average molecular weight is 295 g/mol. The number of anilines is 1. The van der Waals surface area contributed by atoms with Gasteiger partial charge < -0.3 is 10.4 Å². The van der Waals surface area contributed by atoms with E-state index in [4.69, 9.17) is 0 Å². The molecule has 0 saturated heterocycles. The van der Waals surface area contributed by atoms with Crippen molar-refractivity contribution in [2.45, 2.75) is 25.7 Å². The van der Waals surface area contributed by atoms with Crippen molar-refractivity contribution in [2.24, 2.45) is 0 Å². The van der Waals surface area contributed by atoms with Crippen LogP contribution in [0.2, 0.25) is 0 Å². The fourth-order valence-electron chi connectivity index (χ4n) is 2.03. The lowest BCUT2D eigenvalue weighted by atomic mass is 10.1. The Bertz CT molecular complexity index is 591. The maximum Gasteiger partial charge on any atom is 0.416 e. The number of benzene rings is 2. The summed E-state index contributed by atoms with van der Waals surface area (Å²) >= 11 is 0. The molecular weight excluding hydrogens is 279 g/mol. The normalized spacial score (nSPS) is 13.0. The Labute approximate surface area is 121 Å². The SMILES string of the molecule is CC(O)c1ccccc1NCc1ccc(C(F)(F)F)cc1. The average Bonchev–Trinajstić information content (AvgIpc) is 2.45. The minimum atomic E-state index is -4.31. The Morgan fingerprint density at radius 2 is 1.67 bits per heavy atom. The quantitative estimate of drug-likeness (QED) is 0.877. The third-order valence-corrected chi connectivity index (χ3v) is 3.18. The number of halogens is 3. The summed E-state index contributed by atoms with van der Waals surface area (Å²) in [6.45, 7) is 2.06. The first-order valence-electron chi connectivity index (χ1n) is 6.55. The molecule has 2 aromatic carbocycles. The second-order valence-electron chi connectivity index (χ2n) is 4.81. The van der Waals surface area contributed by atoms with Crippen molar-refractivity contribution in [2.75, 3.05) is 5.32 Å². The number of rotatable bonds is 4. The summed E-state index contributed by atoms with van der Waals surface area (Å²) in [5.41, 5.74) is 1.61. The van der Waals surface area contributed by atoms with Crippen molar-refractivity contribution in [3.63, 3.8) is 0 Å². The molecule has 1 unspecified atom stereocenters. The van der Waals surface area contributed by atoms with Crippen LogP contribution < -0.4 is 5.32 Å². The van der Waals surface area contributed by atoms with E-state index in [-0.39, 0.29) is 0 Å². The van der Waals surface area contributed by atoms with Gasteiger partial charge in [0.1, 0.15) is 0 Å². The highest BCUT2D eigenvalue weighted by Gasteiger charge is 2.29. The van der Waals surface area contributed by atoms with E-state index >= 15 is 0 Å². The highest BCUT2D eigenvalue weighted by molar-refractivity contribution is 5.52. The Hall–Kier alpha value is -2.01. The number of alkyl halides is 3. The lowest BCUT2D eigenvalue weighted by molar-refractivity contribution is -0.137. The number of aliphatic hydroxyl groups is 1. The number of para-hydroxylation sites is 1. The predicted molar refractivity (Wildman–Crippen MR) is 75.8 cm³/mol. The van der Waals surface area contributed by atoms with E-state index < -0.39 is 17.8 Å². The van der Waals surface area contributed by atoms with Crippen molar-refractivity contribution in [3.05, 3.63) is 65.2 Å². The van der Waals surface area contributed by atoms with Gasteiger partial charge in [-0.25, -0.2) is 0 Å². The fraction of sp³-hybridized carbons (Fsp3) is 0.250. The molecule has 5 heteroatoms. The van der Waals surface area contributed by atoms with Crippen LogP contribution in [0.15, 0.2) is 48.5 Å². The molecule has 0 amide bonds. The summed E-state index contributed by atoms with van der Waals surface area (Å²) in [7, 11) is 0. The van der Waals surface area contributed by atoms with Crippen molar-refractivity contribution < 1.29 is 18.3 Å². The Kier molecular flexibility index (Phi) is 4.53. The molecule has 1 atom stereocenters. The van der Waals surface area contributed by atoms with Gasteiger partial charge in [0.15, 0.2) is 0 Å². The van der Waals surface area contributed by atoms with Crippen molar-refractivity contribution in [3.8, 4) is 0 Å². The summed E-state index contributed by atoms with van der Waals surface area (Å²) in [4.78, 5) is 0. The zero-order valence-corrected chi connectivity index (χ0v) is 11.5. The third kappa shape index (κ3) is 3.98. The van der Waals surface area contributed by atoms with Gasteiger partial charge in [-0.15, -0.1) is 0 Å². The van der Waals surface area contributed by atoms with Crippen LogP contribution in [0.25, 0.3) is 0 Å². The summed E-state index contributed by atoms with van der Waals surface area (Å²) in [6, 6.07) is 12.3. The lowest BCUT2D eigenvalue weighted by Gasteiger charge is -2.14. The van der Waals surface area contributed by atoms with Crippen LogP contribution in [-0.2, 0) is 12.7 Å². The summed E-state index contributed by atoms with van der Waals surface area (Å²) < 4.78 is 37.4. The van der Waals surface area contributed by atoms with Crippen LogP contribution in [0.5, 0.6) is 0 Å². The van der Waals surface area contributed by atoms with Gasteiger partial charge in [0.05, 0.1) is 11.7 Å². The van der Waals surface area contributed by atoms with Gasteiger partial charge >= 0.3 is 6.18 Å². The minimum absolute atomic E-state index is 0.391. The van der Waals surface area contributed by atoms with E-state index in [0.29, 0.717) is 6.54 Å². The molecule has 0 heterocycles. The van der Waals surface area contributed by atoms with E-state index in [0.717, 1.165) is 28.9 Å². The Morgan fingerprint density at radius 1 is 1.05 bits per heavy atom. The Balaban J connectivity index is 2.07. The topological polar surface area (TPSA) is 32.3 Å². The first-order valence-corrected chi connectivity index (χ1v) is 6.55. The molecule has 112 valence electrons. The van der Waals surface area contributed by atoms with Crippen molar-refractivity contribution in [1.82, 2.24) is 0 Å². The van der Waals surface area contributed by atoms with Crippen LogP contribution in [0.1, 0.15) is 29.7 Å². The molecular formula is C16H16F3NO. The van der Waals surface area contributed by atoms with E-state index in [9.17, 15) is 18.3 Å². The van der Waals surface area contributed by atoms with Gasteiger partial charge in [0.2, 0.25) is 0 Å². The minimum Gasteiger partial charge on any atom is -0.389 e. The molecule has 0 radical (unpaired) electrons. The third-order valence-electron chi connectivity index (χ3n) is 3.18. The maximum absolute atomic E-state index is 12.5. The summed E-state index contributed by atoms with van der Waals surface area (Å²) in [5.74, 6) is 0. The highest BCUT2D eigenvalue weighted by Crippen LogP contribution is 2.29. The standard InChI is InChI=1S/C16H16F3NO/c1-11(21)14-4-2-3-5-15(14)20-10-12-6-8-13(9-7-12)16(17,18)19/h2-9,11,20-21H,10H2,1H3. The van der Waals surface area contributed by atoms with Crippen LogP contribution in [0.3, 0.4) is 0 Å². The first kappa shape index (κ1) is 15.4. The fourth-order valence-corrected chi connectivity index (χ4v) is 2.03. The van der Waals surface area contributed by atoms with Gasteiger partial charge in [-0.05, 0) is 30.7 Å².